The number of hydrogen-bond acceptors (Lipinski definition) is 3. The van der Waals surface area contributed by atoms with Crippen molar-refractivity contribution in [2.24, 2.45) is 0 Å². The van der Waals surface area contributed by atoms with Crippen LogP contribution in [0.4, 0.5) is 0 Å². The summed E-state index contributed by atoms with van der Waals surface area (Å²) >= 11 is 0. The Morgan fingerprint density at radius 1 is 1.29 bits per heavy atom. The lowest BCUT2D eigenvalue weighted by Crippen LogP contribution is -2.48. The first-order valence-electron chi connectivity index (χ1n) is 6.11. The van der Waals surface area contributed by atoms with E-state index in [0.717, 1.165) is 25.7 Å². The standard InChI is InChI=1S/C12H22N2O3/c1-14(2)8-5-10(15)13-12(9-11(16)17)6-3-4-7-12/h3-9H2,1-2H3,(H,13,15)(H,16,17). The van der Waals surface area contributed by atoms with E-state index in [2.05, 4.69) is 5.32 Å². The van der Waals surface area contributed by atoms with Gasteiger partial charge in [0.2, 0.25) is 5.91 Å². The Hall–Kier alpha value is -1.10. The predicted molar refractivity (Wildman–Crippen MR) is 64.8 cm³/mol. The van der Waals surface area contributed by atoms with Crippen molar-refractivity contribution in [2.45, 2.75) is 44.1 Å². The Balaban J connectivity index is 2.49. The van der Waals surface area contributed by atoms with Gasteiger partial charge >= 0.3 is 5.97 Å². The van der Waals surface area contributed by atoms with Crippen LogP contribution < -0.4 is 5.32 Å². The Morgan fingerprint density at radius 3 is 2.35 bits per heavy atom. The molecule has 0 saturated heterocycles. The van der Waals surface area contributed by atoms with E-state index >= 15 is 0 Å². The molecule has 5 nitrogen and oxygen atoms in total. The summed E-state index contributed by atoms with van der Waals surface area (Å²) in [7, 11) is 3.83. The fourth-order valence-corrected chi connectivity index (χ4v) is 2.37. The van der Waals surface area contributed by atoms with Gasteiger partial charge in [0.15, 0.2) is 0 Å². The van der Waals surface area contributed by atoms with E-state index in [-0.39, 0.29) is 12.3 Å². The molecule has 1 aliphatic rings. The van der Waals surface area contributed by atoms with Gasteiger partial charge in [0.05, 0.1) is 12.0 Å². The van der Waals surface area contributed by atoms with E-state index < -0.39 is 11.5 Å². The van der Waals surface area contributed by atoms with Crippen LogP contribution in [-0.4, -0.2) is 48.1 Å². The normalized spacial score (nSPS) is 18.3. The predicted octanol–water partition coefficient (Wildman–Crippen LogP) is 0.842. The highest BCUT2D eigenvalue weighted by atomic mass is 16.4. The van der Waals surface area contributed by atoms with E-state index in [1.54, 1.807) is 0 Å². The maximum Gasteiger partial charge on any atom is 0.305 e. The number of rotatable bonds is 6. The van der Waals surface area contributed by atoms with Crippen LogP contribution in [0.15, 0.2) is 0 Å². The van der Waals surface area contributed by atoms with Gasteiger partial charge in [0.1, 0.15) is 0 Å². The minimum atomic E-state index is -0.834. The number of nitrogens with one attached hydrogen (secondary N) is 1. The molecule has 0 bridgehead atoms. The number of carbonyl (C=O) groups excluding carboxylic acids is 1. The van der Waals surface area contributed by atoms with Gasteiger partial charge in [-0.3, -0.25) is 9.59 Å². The van der Waals surface area contributed by atoms with Crippen LogP contribution in [0.1, 0.15) is 38.5 Å². The second kappa shape index (κ2) is 6.00. The zero-order valence-corrected chi connectivity index (χ0v) is 10.7. The zero-order chi connectivity index (χ0) is 12.9. The van der Waals surface area contributed by atoms with Crippen LogP contribution in [0.25, 0.3) is 0 Å². The summed E-state index contributed by atoms with van der Waals surface area (Å²) in [4.78, 5) is 24.6. The van der Waals surface area contributed by atoms with Crippen LogP contribution >= 0.6 is 0 Å². The lowest BCUT2D eigenvalue weighted by molar-refractivity contribution is -0.139. The summed E-state index contributed by atoms with van der Waals surface area (Å²) in [6.45, 7) is 0.689. The van der Waals surface area contributed by atoms with Crippen molar-refractivity contribution < 1.29 is 14.7 Å². The molecular formula is C12H22N2O3. The number of carbonyl (C=O) groups is 2. The summed E-state index contributed by atoms with van der Waals surface area (Å²) in [5.74, 6) is -0.873. The zero-order valence-electron chi connectivity index (χ0n) is 10.7. The highest BCUT2D eigenvalue weighted by Crippen LogP contribution is 2.32. The third-order valence-electron chi connectivity index (χ3n) is 3.24. The first-order valence-corrected chi connectivity index (χ1v) is 6.11. The molecule has 98 valence electrons. The van der Waals surface area contributed by atoms with Crippen molar-refractivity contribution in [3.63, 3.8) is 0 Å². The topological polar surface area (TPSA) is 69.6 Å². The number of amides is 1. The molecule has 5 heteroatoms. The molecule has 0 radical (unpaired) electrons. The molecule has 0 heterocycles. The van der Waals surface area contributed by atoms with E-state index in [0.29, 0.717) is 13.0 Å². The third-order valence-corrected chi connectivity index (χ3v) is 3.24. The van der Waals surface area contributed by atoms with Gasteiger partial charge in [0.25, 0.3) is 0 Å². The lowest BCUT2D eigenvalue weighted by Gasteiger charge is -2.29. The van der Waals surface area contributed by atoms with Crippen LogP contribution in [0.5, 0.6) is 0 Å². The number of hydrogen-bond donors (Lipinski definition) is 2. The first kappa shape index (κ1) is 14.0. The maximum atomic E-state index is 11.8. The van der Waals surface area contributed by atoms with Crippen LogP contribution in [0, 0.1) is 0 Å². The first-order chi connectivity index (χ1) is 7.93. The molecular weight excluding hydrogens is 220 g/mol. The molecule has 1 aliphatic carbocycles. The van der Waals surface area contributed by atoms with Gasteiger partial charge in [-0.1, -0.05) is 12.8 Å². The SMILES string of the molecule is CN(C)CCC(=O)NC1(CC(=O)O)CCCC1. The van der Waals surface area contributed by atoms with Gasteiger partial charge in [-0.05, 0) is 26.9 Å². The maximum absolute atomic E-state index is 11.8. The molecule has 0 unspecified atom stereocenters. The summed E-state index contributed by atoms with van der Waals surface area (Å²) in [5.41, 5.74) is -0.491. The quantitative estimate of drug-likeness (QED) is 0.724. The van der Waals surface area contributed by atoms with Gasteiger partial charge in [-0.2, -0.15) is 0 Å². The molecule has 17 heavy (non-hydrogen) atoms. The molecule has 1 rings (SSSR count). The number of aliphatic carboxylic acids is 1. The van der Waals surface area contributed by atoms with Crippen molar-refractivity contribution >= 4 is 11.9 Å². The Bertz CT molecular complexity index is 283. The molecule has 0 spiro atoms. The molecule has 1 fully saturated rings. The van der Waals surface area contributed by atoms with E-state index in [1.807, 2.05) is 19.0 Å². The fraction of sp³-hybridized carbons (Fsp3) is 0.833. The molecule has 0 atom stereocenters. The fourth-order valence-electron chi connectivity index (χ4n) is 2.37. The van der Waals surface area contributed by atoms with Crippen molar-refractivity contribution in [3.05, 3.63) is 0 Å². The van der Waals surface area contributed by atoms with Gasteiger partial charge in [-0.25, -0.2) is 0 Å². The second-order valence-corrected chi connectivity index (χ2v) is 5.16. The van der Waals surface area contributed by atoms with Gasteiger partial charge < -0.3 is 15.3 Å². The van der Waals surface area contributed by atoms with Crippen molar-refractivity contribution in [2.75, 3.05) is 20.6 Å². The molecule has 0 aromatic carbocycles. The summed E-state index contributed by atoms with van der Waals surface area (Å²) in [6.07, 6.45) is 4.04. The highest BCUT2D eigenvalue weighted by Gasteiger charge is 2.37. The van der Waals surface area contributed by atoms with E-state index in [9.17, 15) is 9.59 Å². The van der Waals surface area contributed by atoms with Gasteiger partial charge in [-0.15, -0.1) is 0 Å². The number of carboxylic acids is 1. The minimum Gasteiger partial charge on any atom is -0.481 e. The minimum absolute atomic E-state index is 0.0400. The third kappa shape index (κ3) is 4.73. The van der Waals surface area contributed by atoms with Crippen molar-refractivity contribution in [3.8, 4) is 0 Å². The molecule has 1 saturated carbocycles. The average molecular weight is 242 g/mol. The average Bonchev–Trinajstić information content (AvgIpc) is 2.62. The molecule has 0 aliphatic heterocycles. The van der Waals surface area contributed by atoms with E-state index in [1.165, 1.54) is 0 Å². The number of nitrogens with zero attached hydrogens (tertiary/aromatic N) is 1. The molecule has 2 N–H and O–H groups in total. The summed E-state index contributed by atoms with van der Waals surface area (Å²) in [6, 6.07) is 0. The van der Waals surface area contributed by atoms with Crippen molar-refractivity contribution in [1.82, 2.24) is 10.2 Å². The Kier molecular flexibility index (Phi) is 4.93. The largest absolute Gasteiger partial charge is 0.481 e. The highest BCUT2D eigenvalue weighted by molar-refractivity contribution is 5.78. The molecule has 0 aromatic rings. The lowest BCUT2D eigenvalue weighted by atomic mass is 9.93. The summed E-state index contributed by atoms with van der Waals surface area (Å²) in [5, 5.41) is 11.8. The van der Waals surface area contributed by atoms with Gasteiger partial charge in [0, 0.05) is 13.0 Å². The molecule has 0 aromatic heterocycles. The molecule has 1 amide bonds. The smallest absolute Gasteiger partial charge is 0.305 e. The van der Waals surface area contributed by atoms with Crippen molar-refractivity contribution in [1.29, 1.82) is 0 Å². The van der Waals surface area contributed by atoms with E-state index in [4.69, 9.17) is 5.11 Å². The summed E-state index contributed by atoms with van der Waals surface area (Å²) < 4.78 is 0. The Morgan fingerprint density at radius 2 is 1.88 bits per heavy atom. The number of carboxylic acid groups (broad SMARTS) is 1. The van der Waals surface area contributed by atoms with Crippen LogP contribution in [0.3, 0.4) is 0 Å². The van der Waals surface area contributed by atoms with Crippen LogP contribution in [-0.2, 0) is 9.59 Å². The Labute approximate surface area is 102 Å². The second-order valence-electron chi connectivity index (χ2n) is 5.16. The van der Waals surface area contributed by atoms with Crippen LogP contribution in [0.2, 0.25) is 0 Å². The monoisotopic (exact) mass is 242 g/mol.